The summed E-state index contributed by atoms with van der Waals surface area (Å²) in [6, 6.07) is 0. The van der Waals surface area contributed by atoms with Crippen molar-refractivity contribution in [2.24, 2.45) is 5.73 Å². The highest BCUT2D eigenvalue weighted by molar-refractivity contribution is 5.90. The molecule has 5 nitrogen and oxygen atoms in total. The van der Waals surface area contributed by atoms with Crippen LogP contribution in [-0.4, -0.2) is 27.6 Å². The predicted octanol–water partition coefficient (Wildman–Crippen LogP) is 0.385. The molecule has 1 rings (SSSR count). The van der Waals surface area contributed by atoms with Crippen LogP contribution < -0.4 is 5.73 Å². The van der Waals surface area contributed by atoms with E-state index in [1.165, 1.54) is 6.20 Å². The number of nitrogens with two attached hydrogens (primary N) is 1. The molecule has 0 fully saturated rings. The molecule has 0 spiro atoms. The summed E-state index contributed by atoms with van der Waals surface area (Å²) >= 11 is 0. The molecular weight excluding hydrogens is 182 g/mol. The van der Waals surface area contributed by atoms with Gasteiger partial charge in [0.2, 0.25) is 0 Å². The summed E-state index contributed by atoms with van der Waals surface area (Å²) in [5.74, 6) is 0.421. The lowest BCUT2D eigenvalue weighted by Crippen LogP contribution is -2.11. The molecule has 0 aliphatic rings. The number of H-pyrrole nitrogens is 1. The summed E-state index contributed by atoms with van der Waals surface area (Å²) in [6.07, 6.45) is 3.07. The van der Waals surface area contributed by atoms with Crippen molar-refractivity contribution in [1.29, 1.82) is 0 Å². The number of aromatic amines is 1. The molecule has 5 heteroatoms. The third kappa shape index (κ3) is 2.56. The van der Waals surface area contributed by atoms with E-state index in [1.807, 2.05) is 6.92 Å². The van der Waals surface area contributed by atoms with Crippen LogP contribution in [0.3, 0.4) is 0 Å². The van der Waals surface area contributed by atoms with Gasteiger partial charge in [0.15, 0.2) is 0 Å². The van der Waals surface area contributed by atoms with Gasteiger partial charge in [0.1, 0.15) is 11.5 Å². The average Bonchev–Trinajstić information content (AvgIpc) is 2.62. The summed E-state index contributed by atoms with van der Waals surface area (Å²) in [6.45, 7) is 2.16. The fraction of sp³-hybridized carbons (Fsp3) is 0.556. The molecule has 1 heterocycles. The van der Waals surface area contributed by atoms with Gasteiger partial charge in [0.05, 0.1) is 0 Å². The summed E-state index contributed by atoms with van der Waals surface area (Å²) < 4.78 is 0. The van der Waals surface area contributed by atoms with Crippen LogP contribution in [0.5, 0.6) is 0 Å². The number of amides is 1. The van der Waals surface area contributed by atoms with E-state index >= 15 is 0 Å². The Hall–Kier alpha value is -1.36. The average molecular weight is 197 g/mol. The molecule has 1 aromatic heterocycles. The lowest BCUT2D eigenvalue weighted by Gasteiger charge is -2.05. The molecule has 0 bridgehead atoms. The van der Waals surface area contributed by atoms with E-state index in [2.05, 4.69) is 9.97 Å². The summed E-state index contributed by atoms with van der Waals surface area (Å²) in [5.41, 5.74) is 5.33. The van der Waals surface area contributed by atoms with Crippen molar-refractivity contribution < 1.29 is 9.90 Å². The van der Waals surface area contributed by atoms with E-state index in [0.717, 1.165) is 18.7 Å². The van der Waals surface area contributed by atoms with E-state index < -0.39 is 5.91 Å². The molecule has 78 valence electrons. The van der Waals surface area contributed by atoms with Gasteiger partial charge in [-0.1, -0.05) is 6.92 Å². The van der Waals surface area contributed by atoms with Crippen LogP contribution in [0, 0.1) is 0 Å². The summed E-state index contributed by atoms with van der Waals surface area (Å²) in [4.78, 5) is 17.7. The number of hydrogen-bond donors (Lipinski definition) is 3. The molecule has 1 amide bonds. The number of aromatic nitrogens is 2. The first kappa shape index (κ1) is 10.7. The molecular formula is C9H15N3O2. The van der Waals surface area contributed by atoms with Crippen LogP contribution in [0.15, 0.2) is 6.20 Å². The Balaban J connectivity index is 2.61. The second-order valence-electron chi connectivity index (χ2n) is 3.30. The molecule has 1 atom stereocenters. The van der Waals surface area contributed by atoms with Crippen LogP contribution in [0.25, 0.3) is 0 Å². The Morgan fingerprint density at radius 1 is 1.79 bits per heavy atom. The number of primary amides is 1. The fourth-order valence-electron chi connectivity index (χ4n) is 1.25. The van der Waals surface area contributed by atoms with Gasteiger partial charge in [-0.15, -0.1) is 0 Å². The van der Waals surface area contributed by atoms with Gasteiger partial charge in [-0.2, -0.15) is 0 Å². The minimum absolute atomic E-state index is 0.174. The number of carbonyl (C=O) groups excluding carboxylic acids is 1. The van der Waals surface area contributed by atoms with E-state index in [0.29, 0.717) is 0 Å². The highest BCUT2D eigenvalue weighted by Crippen LogP contribution is 2.16. The van der Waals surface area contributed by atoms with Crippen LogP contribution >= 0.6 is 0 Å². The van der Waals surface area contributed by atoms with Crippen molar-refractivity contribution in [3.05, 3.63) is 17.7 Å². The van der Waals surface area contributed by atoms with Crippen LogP contribution in [0.2, 0.25) is 0 Å². The first-order valence-corrected chi connectivity index (χ1v) is 4.61. The highest BCUT2D eigenvalue weighted by Gasteiger charge is 2.11. The minimum Gasteiger partial charge on any atom is -0.396 e. The van der Waals surface area contributed by atoms with Crippen LogP contribution in [0.4, 0.5) is 0 Å². The third-order valence-corrected chi connectivity index (χ3v) is 2.11. The number of aliphatic hydroxyl groups is 1. The van der Waals surface area contributed by atoms with Crippen molar-refractivity contribution in [3.63, 3.8) is 0 Å². The molecule has 0 aromatic carbocycles. The van der Waals surface area contributed by atoms with Gasteiger partial charge in [-0.3, -0.25) is 4.79 Å². The van der Waals surface area contributed by atoms with Crippen LogP contribution in [-0.2, 0) is 0 Å². The lowest BCUT2D eigenvalue weighted by molar-refractivity contribution is 0.0996. The largest absolute Gasteiger partial charge is 0.396 e. The molecule has 1 aromatic rings. The molecule has 0 radical (unpaired) electrons. The molecule has 1 unspecified atom stereocenters. The van der Waals surface area contributed by atoms with Gasteiger partial charge in [0.25, 0.3) is 5.91 Å². The first-order chi connectivity index (χ1) is 6.65. The summed E-state index contributed by atoms with van der Waals surface area (Å²) in [7, 11) is 0. The van der Waals surface area contributed by atoms with Crippen molar-refractivity contribution in [1.82, 2.24) is 9.97 Å². The van der Waals surface area contributed by atoms with Gasteiger partial charge >= 0.3 is 0 Å². The molecule has 0 aliphatic heterocycles. The van der Waals surface area contributed by atoms with Crippen molar-refractivity contribution in [2.45, 2.75) is 25.7 Å². The Bertz CT molecular complexity index is 309. The van der Waals surface area contributed by atoms with Crippen molar-refractivity contribution in [2.75, 3.05) is 6.61 Å². The number of imidazole rings is 1. The SMILES string of the molecule is CC(CCCO)c1nc(C(N)=O)c[nH]1. The van der Waals surface area contributed by atoms with Crippen LogP contribution in [0.1, 0.15) is 42.0 Å². The smallest absolute Gasteiger partial charge is 0.268 e. The second-order valence-corrected chi connectivity index (χ2v) is 3.30. The van der Waals surface area contributed by atoms with Crippen molar-refractivity contribution in [3.8, 4) is 0 Å². The summed E-state index contributed by atoms with van der Waals surface area (Å²) in [5, 5.41) is 8.65. The zero-order chi connectivity index (χ0) is 10.6. The zero-order valence-corrected chi connectivity index (χ0v) is 8.16. The van der Waals surface area contributed by atoms with Gasteiger partial charge in [-0.25, -0.2) is 4.98 Å². The Morgan fingerprint density at radius 3 is 3.00 bits per heavy atom. The minimum atomic E-state index is -0.526. The zero-order valence-electron chi connectivity index (χ0n) is 8.16. The number of nitrogens with zero attached hydrogens (tertiary/aromatic N) is 1. The van der Waals surface area contributed by atoms with E-state index in [4.69, 9.17) is 10.8 Å². The van der Waals surface area contributed by atoms with E-state index in [9.17, 15) is 4.79 Å². The maximum absolute atomic E-state index is 10.8. The molecule has 0 saturated heterocycles. The fourth-order valence-corrected chi connectivity index (χ4v) is 1.25. The predicted molar refractivity (Wildman–Crippen MR) is 51.8 cm³/mol. The second kappa shape index (κ2) is 4.76. The molecule has 0 saturated carbocycles. The third-order valence-electron chi connectivity index (χ3n) is 2.11. The quantitative estimate of drug-likeness (QED) is 0.637. The number of hydrogen-bond acceptors (Lipinski definition) is 3. The van der Waals surface area contributed by atoms with Gasteiger partial charge < -0.3 is 15.8 Å². The maximum Gasteiger partial charge on any atom is 0.268 e. The molecule has 0 aliphatic carbocycles. The topological polar surface area (TPSA) is 92.0 Å². The van der Waals surface area contributed by atoms with E-state index in [1.54, 1.807) is 0 Å². The number of carbonyl (C=O) groups is 1. The standard InChI is InChI=1S/C9H15N3O2/c1-6(3-2-4-13)9-11-5-7(12-9)8(10)14/h5-6,13H,2-4H2,1H3,(H2,10,14)(H,11,12). The van der Waals surface area contributed by atoms with Gasteiger partial charge in [-0.05, 0) is 12.8 Å². The first-order valence-electron chi connectivity index (χ1n) is 4.61. The number of aliphatic hydroxyl groups excluding tert-OH is 1. The monoisotopic (exact) mass is 197 g/mol. The van der Waals surface area contributed by atoms with E-state index in [-0.39, 0.29) is 18.2 Å². The maximum atomic E-state index is 10.8. The van der Waals surface area contributed by atoms with Gasteiger partial charge in [0, 0.05) is 18.7 Å². The normalized spacial score (nSPS) is 12.7. The molecule has 4 N–H and O–H groups in total. The van der Waals surface area contributed by atoms with Crippen molar-refractivity contribution >= 4 is 5.91 Å². The Labute approximate surface area is 82.3 Å². The highest BCUT2D eigenvalue weighted by atomic mass is 16.2. The Kier molecular flexibility index (Phi) is 3.64. The lowest BCUT2D eigenvalue weighted by atomic mass is 10.1. The molecule has 14 heavy (non-hydrogen) atoms. The number of rotatable bonds is 5. The number of nitrogens with one attached hydrogen (secondary N) is 1. The Morgan fingerprint density at radius 2 is 2.50 bits per heavy atom.